The minimum absolute atomic E-state index is 0.0543. The number of allylic oxidation sites excluding steroid dienone is 10. The smallest absolute Gasteiger partial charge is 0.268 e. The molecule has 0 spiro atoms. The number of rotatable bonds is 36. The molecule has 0 aromatic heterocycles. The lowest BCUT2D eigenvalue weighted by atomic mass is 9.99. The number of nitrogens with one attached hydrogen (secondary N) is 1. The first kappa shape index (κ1) is 51.2. The van der Waals surface area contributed by atoms with Gasteiger partial charge in [0.2, 0.25) is 5.91 Å². The lowest BCUT2D eigenvalue weighted by Crippen LogP contribution is -2.51. The van der Waals surface area contributed by atoms with E-state index in [4.69, 9.17) is 9.05 Å². The van der Waals surface area contributed by atoms with Crippen molar-refractivity contribution < 1.29 is 38.0 Å². The quantitative estimate of drug-likeness (QED) is 0.0251. The number of aliphatic hydroxyl groups excluding tert-OH is 2. The Balaban J connectivity index is 4.68. The predicted molar refractivity (Wildman–Crippen MR) is 220 cm³/mol. The van der Waals surface area contributed by atoms with E-state index in [1.54, 1.807) is 0 Å². The Morgan fingerprint density at radius 2 is 1.17 bits per heavy atom. The van der Waals surface area contributed by atoms with Gasteiger partial charge in [-0.25, -0.2) is 0 Å². The first-order valence-electron chi connectivity index (χ1n) is 20.7. The van der Waals surface area contributed by atoms with Gasteiger partial charge in [-0.15, -0.1) is 0 Å². The van der Waals surface area contributed by atoms with Crippen LogP contribution in [0, 0.1) is 0 Å². The normalized spacial score (nSPS) is 15.7. The lowest BCUT2D eigenvalue weighted by molar-refractivity contribution is -0.870. The van der Waals surface area contributed by atoms with Crippen LogP contribution in [0.5, 0.6) is 0 Å². The highest BCUT2D eigenvalue weighted by Crippen LogP contribution is 2.38. The molecule has 0 aliphatic rings. The first-order valence-corrected chi connectivity index (χ1v) is 22.2. The third-order valence-corrected chi connectivity index (χ3v) is 9.83. The number of amides is 1. The van der Waals surface area contributed by atoms with Crippen LogP contribution in [-0.4, -0.2) is 79.8 Å². The van der Waals surface area contributed by atoms with Crippen molar-refractivity contribution in [3.8, 4) is 0 Å². The van der Waals surface area contributed by atoms with Gasteiger partial charge < -0.3 is 34.0 Å². The number of carbonyl (C=O) groups excluding carboxylic acids is 1. The number of hydrogen-bond acceptors (Lipinski definition) is 7. The van der Waals surface area contributed by atoms with E-state index < -0.39 is 32.7 Å². The molecule has 0 aliphatic carbocycles. The van der Waals surface area contributed by atoms with Gasteiger partial charge in [0, 0.05) is 6.42 Å². The van der Waals surface area contributed by atoms with Crippen molar-refractivity contribution in [1.29, 1.82) is 0 Å². The number of hydrogen-bond donors (Lipinski definition) is 3. The van der Waals surface area contributed by atoms with Crippen LogP contribution in [0.3, 0.4) is 0 Å². The molecule has 0 radical (unpaired) electrons. The van der Waals surface area contributed by atoms with E-state index in [0.29, 0.717) is 30.3 Å². The Bertz CT molecular complexity index is 1070. The molecule has 0 saturated heterocycles. The largest absolute Gasteiger partial charge is 0.756 e. The van der Waals surface area contributed by atoms with Crippen LogP contribution in [0.1, 0.15) is 149 Å². The number of quaternary nitrogens is 1. The number of carbonyl (C=O) groups is 1. The second-order valence-electron chi connectivity index (χ2n) is 15.1. The molecule has 3 N–H and O–H groups in total. The van der Waals surface area contributed by atoms with Crippen molar-refractivity contribution in [3.05, 3.63) is 60.8 Å². The highest BCUT2D eigenvalue weighted by molar-refractivity contribution is 7.45. The van der Waals surface area contributed by atoms with E-state index in [9.17, 15) is 24.5 Å². The van der Waals surface area contributed by atoms with Crippen molar-refractivity contribution in [3.63, 3.8) is 0 Å². The van der Waals surface area contributed by atoms with Crippen molar-refractivity contribution >= 4 is 13.7 Å². The first-order chi connectivity index (χ1) is 25.4. The second-order valence-corrected chi connectivity index (χ2v) is 16.5. The molecule has 4 unspecified atom stereocenters. The Morgan fingerprint density at radius 1 is 0.698 bits per heavy atom. The van der Waals surface area contributed by atoms with E-state index in [0.717, 1.165) is 57.8 Å². The summed E-state index contributed by atoms with van der Waals surface area (Å²) < 4.78 is 23.1. The van der Waals surface area contributed by atoms with Gasteiger partial charge in [-0.3, -0.25) is 9.36 Å². The summed E-state index contributed by atoms with van der Waals surface area (Å²) in [6, 6.07) is -1.10. The predicted octanol–water partition coefficient (Wildman–Crippen LogP) is 9.41. The molecule has 9 nitrogen and oxygen atoms in total. The zero-order valence-corrected chi connectivity index (χ0v) is 35.2. The topological polar surface area (TPSA) is 128 Å². The Morgan fingerprint density at radius 3 is 1.66 bits per heavy atom. The minimum Gasteiger partial charge on any atom is -0.756 e. The van der Waals surface area contributed by atoms with Gasteiger partial charge in [0.15, 0.2) is 0 Å². The molecule has 0 aromatic carbocycles. The van der Waals surface area contributed by atoms with E-state index >= 15 is 0 Å². The van der Waals surface area contributed by atoms with Gasteiger partial charge in [0.25, 0.3) is 7.82 Å². The highest BCUT2D eigenvalue weighted by atomic mass is 31.2. The molecule has 0 fully saturated rings. The Hall–Kier alpha value is -1.84. The van der Waals surface area contributed by atoms with Gasteiger partial charge in [0.05, 0.1) is 39.9 Å². The molecule has 4 atom stereocenters. The van der Waals surface area contributed by atoms with Crippen LogP contribution >= 0.6 is 7.82 Å². The summed E-state index contributed by atoms with van der Waals surface area (Å²) in [5, 5.41) is 24.5. The fourth-order valence-corrected chi connectivity index (χ4v) is 6.25. The molecular weight excluding hydrogens is 687 g/mol. The summed E-state index contributed by atoms with van der Waals surface area (Å²) in [7, 11) is 1.08. The van der Waals surface area contributed by atoms with Crippen molar-refractivity contribution in [1.82, 2.24) is 5.32 Å². The molecule has 0 aliphatic heterocycles. The number of nitrogens with zero attached hydrogens (tertiary/aromatic N) is 1. The highest BCUT2D eigenvalue weighted by Gasteiger charge is 2.29. The standard InChI is InChI=1S/C43H79N2O7P/c1-6-8-10-12-14-16-18-20-21-22-23-24-26-28-30-32-34-36-42(47)44-40(39-52-53(49,50)51-38-37-45(3,4)5)43(48)41(46)35-33-31-29-27-25-19-17-15-13-11-9-7-2/h8,10,14,16,20-21,23-24,28,30,40-41,43,46,48H,6-7,9,11-13,15,17-19,22,25-27,29,31-39H2,1-5H3,(H-,44,47,49,50)/b10-8-,16-14-,21-20-,24-23-,30-28-. The zero-order chi connectivity index (χ0) is 39.5. The van der Waals surface area contributed by atoms with Crippen LogP contribution in [0.2, 0.25) is 0 Å². The fourth-order valence-electron chi connectivity index (χ4n) is 5.52. The van der Waals surface area contributed by atoms with Gasteiger partial charge in [-0.05, 0) is 51.4 Å². The average Bonchev–Trinajstić information content (AvgIpc) is 3.10. The maximum atomic E-state index is 12.8. The number of phosphoric ester groups is 1. The summed E-state index contributed by atoms with van der Waals surface area (Å²) in [5.41, 5.74) is 0. The molecule has 1 amide bonds. The van der Waals surface area contributed by atoms with Crippen molar-refractivity contribution in [2.75, 3.05) is 40.9 Å². The maximum Gasteiger partial charge on any atom is 0.268 e. The Kier molecular flexibility index (Phi) is 33.4. The SMILES string of the molecule is CC/C=C\C/C=C\C/C=C\C/C=C\C/C=C\CCCC(=O)NC(COP(=O)([O-])OCC[N+](C)(C)C)C(O)C(O)CCCCCCCCCCCCCC. The van der Waals surface area contributed by atoms with Crippen molar-refractivity contribution in [2.45, 2.75) is 167 Å². The number of phosphoric acid groups is 1. The maximum absolute atomic E-state index is 12.8. The third kappa shape index (κ3) is 35.6. The van der Waals surface area contributed by atoms with E-state index in [1.807, 2.05) is 27.2 Å². The van der Waals surface area contributed by atoms with Crippen LogP contribution in [0.25, 0.3) is 0 Å². The van der Waals surface area contributed by atoms with Crippen LogP contribution in [-0.2, 0) is 18.4 Å². The molecule has 0 rings (SSSR count). The number of aliphatic hydroxyl groups is 2. The molecule has 0 aromatic rings. The molecule has 0 bridgehead atoms. The van der Waals surface area contributed by atoms with Crippen LogP contribution in [0.15, 0.2) is 60.8 Å². The van der Waals surface area contributed by atoms with Crippen LogP contribution < -0.4 is 10.2 Å². The monoisotopic (exact) mass is 767 g/mol. The Labute approximate surface area is 324 Å². The van der Waals surface area contributed by atoms with Gasteiger partial charge >= 0.3 is 0 Å². The molecule has 10 heteroatoms. The summed E-state index contributed by atoms with van der Waals surface area (Å²) in [6.45, 7) is 4.24. The van der Waals surface area contributed by atoms with Gasteiger partial charge in [-0.2, -0.15) is 0 Å². The summed E-state index contributed by atoms with van der Waals surface area (Å²) >= 11 is 0. The lowest BCUT2D eigenvalue weighted by Gasteiger charge is -2.31. The van der Waals surface area contributed by atoms with Crippen LogP contribution in [0.4, 0.5) is 0 Å². The average molecular weight is 767 g/mol. The van der Waals surface area contributed by atoms with Gasteiger partial charge in [0.1, 0.15) is 19.3 Å². The molecular formula is C43H79N2O7P. The third-order valence-electron chi connectivity index (χ3n) is 8.86. The molecule has 308 valence electrons. The fraction of sp³-hybridized carbons (Fsp3) is 0.744. The van der Waals surface area contributed by atoms with E-state index in [-0.39, 0.29) is 18.9 Å². The number of unbranched alkanes of at least 4 members (excludes halogenated alkanes) is 12. The minimum atomic E-state index is -4.68. The number of likely N-dealkylation sites (N-methyl/N-ethyl adjacent to an activating group) is 1. The van der Waals surface area contributed by atoms with E-state index in [2.05, 4.69) is 73.8 Å². The second kappa shape index (κ2) is 34.6. The summed E-state index contributed by atoms with van der Waals surface area (Å²) in [6.07, 6.45) is 39.8. The molecule has 0 heterocycles. The molecule has 53 heavy (non-hydrogen) atoms. The summed E-state index contributed by atoms with van der Waals surface area (Å²) in [4.78, 5) is 25.3. The van der Waals surface area contributed by atoms with E-state index in [1.165, 1.54) is 51.4 Å². The molecule has 0 saturated carbocycles. The van der Waals surface area contributed by atoms with Gasteiger partial charge in [-0.1, -0.05) is 152 Å². The van der Waals surface area contributed by atoms with Crippen molar-refractivity contribution in [2.24, 2.45) is 0 Å². The zero-order valence-electron chi connectivity index (χ0n) is 34.3. The summed E-state index contributed by atoms with van der Waals surface area (Å²) in [5.74, 6) is -0.339.